The minimum Gasteiger partial charge on any atom is -0.362 e. The lowest BCUT2D eigenvalue weighted by Crippen LogP contribution is -2.44. The molecule has 2 aromatic rings. The van der Waals surface area contributed by atoms with Crippen molar-refractivity contribution in [3.05, 3.63) is 71.5 Å². The lowest BCUT2D eigenvalue weighted by Gasteiger charge is -2.33. The molecule has 0 saturated carbocycles. The van der Waals surface area contributed by atoms with Crippen LogP contribution in [0.25, 0.3) is 0 Å². The van der Waals surface area contributed by atoms with Gasteiger partial charge in [0.05, 0.1) is 6.54 Å². The van der Waals surface area contributed by atoms with Crippen molar-refractivity contribution in [2.24, 2.45) is 0 Å². The average Bonchev–Trinajstić information content (AvgIpc) is 2.55. The Bertz CT molecular complexity index is 645. The number of carbonyl (C=O) groups is 1. The van der Waals surface area contributed by atoms with E-state index in [1.54, 1.807) is 11.0 Å². The summed E-state index contributed by atoms with van der Waals surface area (Å²) in [5.41, 5.74) is 1.97. The fraction of sp³-hybridized carbons (Fsp3) is 0.278. The number of amides is 1. The Balaban J connectivity index is 1.65. The van der Waals surface area contributed by atoms with Crippen molar-refractivity contribution in [3.63, 3.8) is 0 Å². The Hall–Kier alpha value is -2.20. The summed E-state index contributed by atoms with van der Waals surface area (Å²) in [4.78, 5) is 13.8. The fourth-order valence-corrected chi connectivity index (χ4v) is 2.65. The van der Waals surface area contributed by atoms with Gasteiger partial charge in [-0.05, 0) is 29.7 Å². The van der Waals surface area contributed by atoms with Gasteiger partial charge in [-0.2, -0.15) is 0 Å². The second-order valence-corrected chi connectivity index (χ2v) is 5.43. The number of hydrogen-bond donors (Lipinski definition) is 0. The molecule has 22 heavy (non-hydrogen) atoms. The molecule has 1 aliphatic heterocycles. The van der Waals surface area contributed by atoms with Gasteiger partial charge in [0, 0.05) is 6.54 Å². The van der Waals surface area contributed by atoms with E-state index in [0.717, 1.165) is 12.0 Å². The lowest BCUT2D eigenvalue weighted by molar-refractivity contribution is -0.149. The van der Waals surface area contributed by atoms with Crippen LogP contribution < -0.4 is 0 Å². The smallest absolute Gasteiger partial charge is 0.248 e. The molecule has 114 valence electrons. The van der Waals surface area contributed by atoms with E-state index in [0.29, 0.717) is 13.1 Å². The summed E-state index contributed by atoms with van der Waals surface area (Å²) >= 11 is 0. The second-order valence-electron chi connectivity index (χ2n) is 5.43. The molecule has 1 saturated heterocycles. The third kappa shape index (κ3) is 3.52. The normalized spacial score (nSPS) is 18.5. The van der Waals surface area contributed by atoms with Gasteiger partial charge >= 0.3 is 0 Å². The lowest BCUT2D eigenvalue weighted by atomic mass is 10.1. The molecule has 0 aromatic heterocycles. The first-order chi connectivity index (χ1) is 10.7. The van der Waals surface area contributed by atoms with Gasteiger partial charge in [0.2, 0.25) is 5.91 Å². The molecule has 2 aromatic carbocycles. The highest BCUT2D eigenvalue weighted by Crippen LogP contribution is 2.23. The Kier molecular flexibility index (Phi) is 4.49. The van der Waals surface area contributed by atoms with Crippen molar-refractivity contribution in [3.8, 4) is 0 Å². The molecule has 0 radical (unpaired) electrons. The molecule has 3 nitrogen and oxygen atoms in total. The molecule has 4 heteroatoms. The zero-order valence-electron chi connectivity index (χ0n) is 12.2. The predicted molar refractivity (Wildman–Crippen MR) is 81.8 cm³/mol. The first kappa shape index (κ1) is 14.7. The van der Waals surface area contributed by atoms with E-state index in [1.807, 2.05) is 24.3 Å². The molecule has 0 N–H and O–H groups in total. The van der Waals surface area contributed by atoms with Crippen molar-refractivity contribution in [2.45, 2.75) is 12.5 Å². The van der Waals surface area contributed by atoms with E-state index < -0.39 is 0 Å². The number of carbonyl (C=O) groups excluding carboxylic acids is 1. The third-order valence-corrected chi connectivity index (χ3v) is 3.88. The van der Waals surface area contributed by atoms with Crippen LogP contribution in [0, 0.1) is 5.82 Å². The number of ether oxygens (including phenoxy) is 1. The van der Waals surface area contributed by atoms with E-state index in [9.17, 15) is 9.18 Å². The molecular formula is C18H18FNO2. The van der Waals surface area contributed by atoms with Gasteiger partial charge in [0.1, 0.15) is 18.5 Å². The first-order valence-corrected chi connectivity index (χ1v) is 7.41. The van der Waals surface area contributed by atoms with Crippen molar-refractivity contribution in [2.75, 3.05) is 19.7 Å². The minimum atomic E-state index is -0.283. The van der Waals surface area contributed by atoms with Crippen LogP contribution in [0.3, 0.4) is 0 Å². The van der Waals surface area contributed by atoms with Crippen LogP contribution in [0.2, 0.25) is 0 Å². The van der Waals surface area contributed by atoms with Crippen LogP contribution in [-0.2, 0) is 16.0 Å². The van der Waals surface area contributed by atoms with Crippen LogP contribution in [-0.4, -0.2) is 30.5 Å². The predicted octanol–water partition coefficient (Wildman–Crippen LogP) is 2.97. The molecule has 0 bridgehead atoms. The van der Waals surface area contributed by atoms with Crippen LogP contribution in [0.15, 0.2) is 54.6 Å². The van der Waals surface area contributed by atoms with Crippen molar-refractivity contribution in [1.29, 1.82) is 0 Å². The minimum absolute atomic E-state index is 0.0106. The Morgan fingerprint density at radius 1 is 1.14 bits per heavy atom. The summed E-state index contributed by atoms with van der Waals surface area (Å²) < 4.78 is 18.9. The van der Waals surface area contributed by atoms with Gasteiger partial charge < -0.3 is 9.64 Å². The van der Waals surface area contributed by atoms with Crippen LogP contribution in [0.5, 0.6) is 0 Å². The van der Waals surface area contributed by atoms with E-state index in [1.165, 1.54) is 17.7 Å². The quantitative estimate of drug-likeness (QED) is 0.868. The molecule has 1 atom stereocenters. The monoisotopic (exact) mass is 299 g/mol. The SMILES string of the molecule is O=C1COC(c2cccc(F)c2)CN1CCc1ccccc1. The van der Waals surface area contributed by atoms with Gasteiger partial charge in [0.25, 0.3) is 0 Å². The van der Waals surface area contributed by atoms with Gasteiger partial charge in [-0.3, -0.25) is 4.79 Å². The highest BCUT2D eigenvalue weighted by Gasteiger charge is 2.27. The number of rotatable bonds is 4. The summed E-state index contributed by atoms with van der Waals surface area (Å²) in [6.45, 7) is 1.17. The Labute approximate surface area is 129 Å². The topological polar surface area (TPSA) is 29.5 Å². The standard InChI is InChI=1S/C18H18FNO2/c19-16-8-4-7-15(11-16)17-12-20(18(21)13-22-17)10-9-14-5-2-1-3-6-14/h1-8,11,17H,9-10,12-13H2. The van der Waals surface area contributed by atoms with Crippen LogP contribution in [0.1, 0.15) is 17.2 Å². The van der Waals surface area contributed by atoms with E-state index >= 15 is 0 Å². The molecule has 1 fully saturated rings. The molecule has 1 amide bonds. The molecule has 0 aliphatic carbocycles. The molecule has 1 aliphatic rings. The van der Waals surface area contributed by atoms with Gasteiger partial charge in [-0.25, -0.2) is 4.39 Å². The van der Waals surface area contributed by atoms with Gasteiger partial charge in [-0.15, -0.1) is 0 Å². The largest absolute Gasteiger partial charge is 0.362 e. The van der Waals surface area contributed by atoms with Crippen molar-refractivity contribution >= 4 is 5.91 Å². The zero-order chi connectivity index (χ0) is 15.4. The maximum absolute atomic E-state index is 13.3. The summed E-state index contributed by atoms with van der Waals surface area (Å²) in [7, 11) is 0. The van der Waals surface area contributed by atoms with Crippen molar-refractivity contribution in [1.82, 2.24) is 4.90 Å². The first-order valence-electron chi connectivity index (χ1n) is 7.41. The van der Waals surface area contributed by atoms with E-state index in [2.05, 4.69) is 12.1 Å². The maximum Gasteiger partial charge on any atom is 0.248 e. The molecule has 1 unspecified atom stereocenters. The Morgan fingerprint density at radius 3 is 2.73 bits per heavy atom. The summed E-state index contributed by atoms with van der Waals surface area (Å²) in [6, 6.07) is 16.4. The number of morpholine rings is 1. The van der Waals surface area contributed by atoms with E-state index in [4.69, 9.17) is 4.74 Å². The highest BCUT2D eigenvalue weighted by atomic mass is 19.1. The number of halogens is 1. The van der Waals surface area contributed by atoms with E-state index in [-0.39, 0.29) is 24.4 Å². The number of hydrogen-bond acceptors (Lipinski definition) is 2. The van der Waals surface area contributed by atoms with Crippen LogP contribution >= 0.6 is 0 Å². The number of benzene rings is 2. The Morgan fingerprint density at radius 2 is 1.95 bits per heavy atom. The van der Waals surface area contributed by atoms with Gasteiger partial charge in [-0.1, -0.05) is 42.5 Å². The van der Waals surface area contributed by atoms with Crippen molar-refractivity contribution < 1.29 is 13.9 Å². The molecule has 0 spiro atoms. The second kappa shape index (κ2) is 6.71. The zero-order valence-corrected chi connectivity index (χ0v) is 12.2. The average molecular weight is 299 g/mol. The fourth-order valence-electron chi connectivity index (χ4n) is 2.65. The summed E-state index contributed by atoms with van der Waals surface area (Å²) in [5.74, 6) is -0.294. The van der Waals surface area contributed by atoms with Gasteiger partial charge in [0.15, 0.2) is 0 Å². The molecule has 3 rings (SSSR count). The summed E-state index contributed by atoms with van der Waals surface area (Å²) in [5, 5.41) is 0. The highest BCUT2D eigenvalue weighted by molar-refractivity contribution is 5.78. The number of nitrogens with zero attached hydrogens (tertiary/aromatic N) is 1. The molecular weight excluding hydrogens is 281 g/mol. The third-order valence-electron chi connectivity index (χ3n) is 3.88. The summed E-state index contributed by atoms with van der Waals surface area (Å²) in [6.07, 6.45) is 0.548. The molecule has 1 heterocycles. The van der Waals surface area contributed by atoms with Crippen LogP contribution in [0.4, 0.5) is 4.39 Å². The maximum atomic E-state index is 13.3.